The quantitative estimate of drug-likeness (QED) is 0.813. The minimum Gasteiger partial charge on any atom is -0.368 e. The topological polar surface area (TPSA) is 58.2 Å². The molecule has 1 fully saturated rings. The fourth-order valence-corrected chi connectivity index (χ4v) is 1.94. The van der Waals surface area contributed by atoms with Crippen molar-refractivity contribution in [2.75, 3.05) is 26.2 Å². The molecule has 1 atom stereocenters. The third-order valence-corrected chi connectivity index (χ3v) is 2.69. The van der Waals surface area contributed by atoms with Crippen LogP contribution in [0.4, 0.5) is 0 Å². The van der Waals surface area contributed by atoms with E-state index in [1.54, 1.807) is 0 Å². The van der Waals surface area contributed by atoms with Gasteiger partial charge in [-0.3, -0.25) is 9.69 Å². The summed E-state index contributed by atoms with van der Waals surface area (Å²) in [5.41, 5.74) is -0.124. The number of nitrogens with one attached hydrogen (secondary N) is 1. The predicted molar refractivity (Wildman–Crippen MR) is 60.3 cm³/mol. The van der Waals surface area contributed by atoms with Crippen molar-refractivity contribution in [2.45, 2.75) is 19.4 Å². The zero-order valence-corrected chi connectivity index (χ0v) is 9.48. The van der Waals surface area contributed by atoms with Crippen LogP contribution in [0.3, 0.4) is 0 Å². The Bertz CT molecular complexity index is 389. The maximum absolute atomic E-state index is 11.2. The van der Waals surface area contributed by atoms with Crippen molar-refractivity contribution in [3.8, 4) is 0 Å². The van der Waals surface area contributed by atoms with Gasteiger partial charge in [-0.25, -0.2) is 4.98 Å². The summed E-state index contributed by atoms with van der Waals surface area (Å²) in [4.78, 5) is 20.4. The maximum atomic E-state index is 11.2. The molecule has 0 bridgehead atoms. The van der Waals surface area contributed by atoms with Gasteiger partial charge in [-0.15, -0.1) is 0 Å². The van der Waals surface area contributed by atoms with Crippen LogP contribution >= 0.6 is 0 Å². The molecule has 0 aromatic carbocycles. The molecule has 0 spiro atoms. The lowest BCUT2D eigenvalue weighted by Crippen LogP contribution is -2.39. The molecule has 1 saturated heterocycles. The van der Waals surface area contributed by atoms with E-state index in [2.05, 4.69) is 21.8 Å². The molecule has 16 heavy (non-hydrogen) atoms. The molecule has 1 aliphatic heterocycles. The third-order valence-electron chi connectivity index (χ3n) is 2.69. The van der Waals surface area contributed by atoms with Gasteiger partial charge in [0.15, 0.2) is 0 Å². The van der Waals surface area contributed by atoms with Gasteiger partial charge in [0.25, 0.3) is 5.56 Å². The summed E-state index contributed by atoms with van der Waals surface area (Å²) < 4.78 is 5.62. The van der Waals surface area contributed by atoms with Crippen LogP contribution in [-0.2, 0) is 4.74 Å². The molecular weight excluding hydrogens is 206 g/mol. The minimum atomic E-state index is -0.124. The predicted octanol–water partition coefficient (Wildman–Crippen LogP) is 0.553. The molecule has 0 saturated carbocycles. The van der Waals surface area contributed by atoms with Gasteiger partial charge < -0.3 is 9.72 Å². The number of H-pyrrole nitrogens is 1. The normalized spacial score (nSPS) is 22.2. The highest BCUT2D eigenvalue weighted by Gasteiger charge is 2.22. The lowest BCUT2D eigenvalue weighted by Gasteiger charge is -2.31. The van der Waals surface area contributed by atoms with Crippen LogP contribution in [-0.4, -0.2) is 41.1 Å². The average molecular weight is 223 g/mol. The van der Waals surface area contributed by atoms with Crippen molar-refractivity contribution in [1.82, 2.24) is 14.9 Å². The summed E-state index contributed by atoms with van der Waals surface area (Å²) in [6.07, 6.45) is 2.55. The van der Waals surface area contributed by atoms with Crippen molar-refractivity contribution < 1.29 is 4.74 Å². The fraction of sp³-hybridized carbons (Fsp3) is 0.636. The summed E-state index contributed by atoms with van der Waals surface area (Å²) in [6, 6.07) is 1.41. The molecule has 0 aliphatic carbocycles. The van der Waals surface area contributed by atoms with Crippen molar-refractivity contribution >= 4 is 0 Å². The number of aromatic nitrogens is 2. The van der Waals surface area contributed by atoms with Crippen LogP contribution in [0.15, 0.2) is 17.1 Å². The number of morpholine rings is 1. The minimum absolute atomic E-state index is 0.103. The second-order valence-electron chi connectivity index (χ2n) is 3.98. The zero-order chi connectivity index (χ0) is 11.4. The van der Waals surface area contributed by atoms with E-state index in [1.807, 2.05) is 0 Å². The van der Waals surface area contributed by atoms with Crippen LogP contribution in [0.5, 0.6) is 0 Å². The highest BCUT2D eigenvalue weighted by molar-refractivity contribution is 4.95. The second-order valence-corrected chi connectivity index (χ2v) is 3.98. The second kappa shape index (κ2) is 5.23. The van der Waals surface area contributed by atoms with Gasteiger partial charge in [0.2, 0.25) is 0 Å². The van der Waals surface area contributed by atoms with E-state index in [0.29, 0.717) is 12.4 Å². The molecule has 1 aliphatic rings. The lowest BCUT2D eigenvalue weighted by molar-refractivity contribution is -0.0343. The first-order valence-electron chi connectivity index (χ1n) is 5.69. The Morgan fingerprint density at radius 2 is 2.56 bits per heavy atom. The highest BCUT2D eigenvalue weighted by Crippen LogP contribution is 2.17. The molecule has 5 nitrogen and oxygen atoms in total. The summed E-state index contributed by atoms with van der Waals surface area (Å²) in [6.45, 7) is 5.69. The molecule has 88 valence electrons. The Labute approximate surface area is 94.5 Å². The lowest BCUT2D eigenvalue weighted by atomic mass is 10.2. The van der Waals surface area contributed by atoms with Gasteiger partial charge in [0.1, 0.15) is 11.9 Å². The molecule has 1 aromatic rings. The fourth-order valence-electron chi connectivity index (χ4n) is 1.94. The first kappa shape index (κ1) is 11.3. The number of hydrogen-bond acceptors (Lipinski definition) is 4. The van der Waals surface area contributed by atoms with Gasteiger partial charge in [-0.1, -0.05) is 6.92 Å². The van der Waals surface area contributed by atoms with Crippen LogP contribution in [0.2, 0.25) is 0 Å². The van der Waals surface area contributed by atoms with Crippen molar-refractivity contribution in [3.63, 3.8) is 0 Å². The van der Waals surface area contributed by atoms with E-state index in [0.717, 1.165) is 26.1 Å². The first-order chi connectivity index (χ1) is 7.79. The molecule has 2 rings (SSSR count). The average Bonchev–Trinajstić information content (AvgIpc) is 2.30. The molecule has 0 radical (unpaired) electrons. The van der Waals surface area contributed by atoms with Crippen LogP contribution < -0.4 is 5.56 Å². The zero-order valence-electron chi connectivity index (χ0n) is 9.48. The van der Waals surface area contributed by atoms with E-state index in [1.165, 1.54) is 12.3 Å². The van der Waals surface area contributed by atoms with Gasteiger partial charge in [0, 0.05) is 25.4 Å². The van der Waals surface area contributed by atoms with Gasteiger partial charge >= 0.3 is 0 Å². The van der Waals surface area contributed by atoms with Crippen molar-refractivity contribution in [1.29, 1.82) is 0 Å². The molecule has 1 unspecified atom stereocenters. The highest BCUT2D eigenvalue weighted by atomic mass is 16.5. The van der Waals surface area contributed by atoms with Gasteiger partial charge in [0.05, 0.1) is 6.61 Å². The van der Waals surface area contributed by atoms with E-state index >= 15 is 0 Å². The Hall–Kier alpha value is -1.20. The van der Waals surface area contributed by atoms with Gasteiger partial charge in [-0.2, -0.15) is 0 Å². The van der Waals surface area contributed by atoms with Gasteiger partial charge in [-0.05, 0) is 13.0 Å². The summed E-state index contributed by atoms with van der Waals surface area (Å²) in [5, 5.41) is 0. The SMILES string of the molecule is CCCN1CCOC(c2nccc(=O)[nH]2)C1. The van der Waals surface area contributed by atoms with Crippen molar-refractivity contribution in [3.05, 3.63) is 28.4 Å². The monoisotopic (exact) mass is 223 g/mol. The maximum Gasteiger partial charge on any atom is 0.250 e. The Morgan fingerprint density at radius 1 is 1.69 bits per heavy atom. The first-order valence-corrected chi connectivity index (χ1v) is 5.69. The standard InChI is InChI=1S/C11H17N3O2/c1-2-5-14-6-7-16-9(8-14)11-12-4-3-10(15)13-11/h3-4,9H,2,5-8H2,1H3,(H,12,13,15). The van der Waals surface area contributed by atoms with E-state index < -0.39 is 0 Å². The summed E-state index contributed by atoms with van der Waals surface area (Å²) in [5.74, 6) is 0.633. The third kappa shape index (κ3) is 2.68. The Balaban J connectivity index is 2.06. The van der Waals surface area contributed by atoms with E-state index in [9.17, 15) is 4.79 Å². The number of aromatic amines is 1. The smallest absolute Gasteiger partial charge is 0.250 e. The molecule has 1 aromatic heterocycles. The van der Waals surface area contributed by atoms with E-state index in [4.69, 9.17) is 4.74 Å². The molecule has 5 heteroatoms. The molecular formula is C11H17N3O2. The van der Waals surface area contributed by atoms with Crippen molar-refractivity contribution in [2.24, 2.45) is 0 Å². The number of ether oxygens (including phenoxy) is 1. The number of nitrogens with zero attached hydrogens (tertiary/aromatic N) is 2. The molecule has 1 N–H and O–H groups in total. The van der Waals surface area contributed by atoms with E-state index in [-0.39, 0.29) is 11.7 Å². The Kier molecular flexibility index (Phi) is 3.69. The number of rotatable bonds is 3. The molecule has 2 heterocycles. The Morgan fingerprint density at radius 3 is 3.31 bits per heavy atom. The van der Waals surface area contributed by atoms with Crippen LogP contribution in [0.1, 0.15) is 25.3 Å². The summed E-state index contributed by atoms with van der Waals surface area (Å²) in [7, 11) is 0. The largest absolute Gasteiger partial charge is 0.368 e. The molecule has 0 amide bonds. The number of hydrogen-bond donors (Lipinski definition) is 1. The van der Waals surface area contributed by atoms with Crippen LogP contribution in [0, 0.1) is 0 Å². The van der Waals surface area contributed by atoms with Crippen LogP contribution in [0.25, 0.3) is 0 Å². The summed E-state index contributed by atoms with van der Waals surface area (Å²) >= 11 is 0.